The summed E-state index contributed by atoms with van der Waals surface area (Å²) in [5.74, 6) is 0. The number of aryl methyl sites for hydroxylation is 2. The van der Waals surface area contributed by atoms with E-state index in [1.807, 2.05) is 6.20 Å². The molecule has 0 fully saturated rings. The predicted octanol–water partition coefficient (Wildman–Crippen LogP) is 4.23. The van der Waals surface area contributed by atoms with Crippen LogP contribution >= 0.6 is 15.9 Å². The third kappa shape index (κ3) is 1.57. The van der Waals surface area contributed by atoms with E-state index in [9.17, 15) is 0 Å². The summed E-state index contributed by atoms with van der Waals surface area (Å²) in [6.07, 6.45) is 1.86. The van der Waals surface area contributed by atoms with Crippen molar-refractivity contribution in [2.45, 2.75) is 27.7 Å². The smallest absolute Gasteiger partial charge is 0.0737 e. The highest BCUT2D eigenvalue weighted by Gasteiger charge is 2.09. The normalized spacial score (nSPS) is 11.0. The molecule has 0 aliphatic heterocycles. The highest BCUT2D eigenvalue weighted by atomic mass is 79.9. The molecule has 0 atom stereocenters. The molecule has 0 unspecified atom stereocenters. The second-order valence-electron chi connectivity index (χ2n) is 4.05. The van der Waals surface area contributed by atoms with E-state index >= 15 is 0 Å². The van der Waals surface area contributed by atoms with Crippen molar-refractivity contribution in [2.75, 3.05) is 0 Å². The number of benzene rings is 1. The summed E-state index contributed by atoms with van der Waals surface area (Å²) in [6.45, 7) is 8.65. The molecule has 0 saturated heterocycles. The molecule has 1 heterocycles. The zero-order chi connectivity index (χ0) is 11.2. The third-order valence-corrected chi connectivity index (χ3v) is 3.73. The zero-order valence-electron chi connectivity index (χ0n) is 9.48. The maximum absolute atomic E-state index is 4.50. The number of halogens is 1. The summed E-state index contributed by atoms with van der Waals surface area (Å²) in [6, 6.07) is 2.15. The van der Waals surface area contributed by atoms with E-state index in [1.54, 1.807) is 0 Å². The first-order chi connectivity index (χ1) is 7.02. The summed E-state index contributed by atoms with van der Waals surface area (Å²) in [5, 5.41) is 1.25. The van der Waals surface area contributed by atoms with E-state index < -0.39 is 0 Å². The number of hydrogen-bond acceptors (Lipinski definition) is 1. The number of nitrogens with zero attached hydrogens (tertiary/aromatic N) is 1. The Balaban J connectivity index is 3.00. The molecule has 0 aliphatic carbocycles. The molecule has 15 heavy (non-hydrogen) atoms. The number of fused-ring (bicyclic) bond motifs is 1. The van der Waals surface area contributed by atoms with Crippen LogP contribution in [0.25, 0.3) is 10.9 Å². The summed E-state index contributed by atoms with van der Waals surface area (Å²) in [5.41, 5.74) is 6.48. The Hall–Kier alpha value is -0.890. The molecule has 1 aromatic heterocycles. The highest BCUT2D eigenvalue weighted by molar-refractivity contribution is 9.10. The Morgan fingerprint density at radius 3 is 2.20 bits per heavy atom. The average Bonchev–Trinajstić information content (AvgIpc) is 2.23. The first-order valence-electron chi connectivity index (χ1n) is 5.04. The first-order valence-corrected chi connectivity index (χ1v) is 5.83. The maximum atomic E-state index is 4.50. The molecule has 0 spiro atoms. The minimum atomic E-state index is 1.04. The van der Waals surface area contributed by atoms with Crippen LogP contribution in [-0.4, -0.2) is 4.98 Å². The van der Waals surface area contributed by atoms with Gasteiger partial charge in [0.15, 0.2) is 0 Å². The van der Waals surface area contributed by atoms with Gasteiger partial charge in [0.2, 0.25) is 0 Å². The Morgan fingerprint density at radius 2 is 1.53 bits per heavy atom. The van der Waals surface area contributed by atoms with Crippen molar-refractivity contribution in [1.29, 1.82) is 0 Å². The van der Waals surface area contributed by atoms with Crippen molar-refractivity contribution in [3.8, 4) is 0 Å². The van der Waals surface area contributed by atoms with Gasteiger partial charge in [-0.2, -0.15) is 0 Å². The van der Waals surface area contributed by atoms with Crippen LogP contribution in [0, 0.1) is 27.7 Å². The number of aromatic nitrogens is 1. The van der Waals surface area contributed by atoms with Gasteiger partial charge in [-0.15, -0.1) is 0 Å². The molecule has 1 nitrogen and oxygen atoms in total. The molecule has 78 valence electrons. The van der Waals surface area contributed by atoms with Gasteiger partial charge in [-0.3, -0.25) is 4.98 Å². The lowest BCUT2D eigenvalue weighted by Gasteiger charge is -2.13. The van der Waals surface area contributed by atoms with Gasteiger partial charge >= 0.3 is 0 Å². The van der Waals surface area contributed by atoms with Gasteiger partial charge in [-0.1, -0.05) is 0 Å². The standard InChI is InChI=1S/C13H14BrN/c1-7-8(2)10(4)13-12(9(7)3)5-11(14)6-15-13/h5-6H,1-4H3. The van der Waals surface area contributed by atoms with E-state index in [0.29, 0.717) is 0 Å². The minimum Gasteiger partial charge on any atom is -0.255 e. The van der Waals surface area contributed by atoms with Gasteiger partial charge in [0, 0.05) is 16.1 Å². The van der Waals surface area contributed by atoms with Crippen molar-refractivity contribution < 1.29 is 0 Å². The Labute approximate surface area is 98.7 Å². The number of hydrogen-bond donors (Lipinski definition) is 0. The second kappa shape index (κ2) is 3.60. The SMILES string of the molecule is Cc1c(C)c(C)c2ncc(Br)cc2c1C. The molecule has 0 aliphatic rings. The topological polar surface area (TPSA) is 12.9 Å². The van der Waals surface area contributed by atoms with Crippen LogP contribution in [0.2, 0.25) is 0 Å². The summed E-state index contributed by atoms with van der Waals surface area (Å²) >= 11 is 3.47. The molecule has 2 rings (SSSR count). The largest absolute Gasteiger partial charge is 0.255 e. The van der Waals surface area contributed by atoms with E-state index in [-0.39, 0.29) is 0 Å². The lowest BCUT2D eigenvalue weighted by molar-refractivity contribution is 1.22. The van der Waals surface area contributed by atoms with E-state index in [0.717, 1.165) is 9.99 Å². The van der Waals surface area contributed by atoms with Crippen LogP contribution in [0.1, 0.15) is 22.3 Å². The Kier molecular flexibility index (Phi) is 2.55. The molecular weight excluding hydrogens is 250 g/mol. The average molecular weight is 264 g/mol. The van der Waals surface area contributed by atoms with Crippen molar-refractivity contribution in [1.82, 2.24) is 4.98 Å². The van der Waals surface area contributed by atoms with Crippen LogP contribution in [0.5, 0.6) is 0 Å². The monoisotopic (exact) mass is 263 g/mol. The minimum absolute atomic E-state index is 1.04. The molecule has 2 heteroatoms. The van der Waals surface area contributed by atoms with Crippen LogP contribution in [0.15, 0.2) is 16.7 Å². The van der Waals surface area contributed by atoms with Crippen LogP contribution in [0.3, 0.4) is 0 Å². The fourth-order valence-corrected chi connectivity index (χ4v) is 2.30. The number of rotatable bonds is 0. The van der Waals surface area contributed by atoms with Gasteiger partial charge < -0.3 is 0 Å². The van der Waals surface area contributed by atoms with Crippen molar-refractivity contribution in [3.63, 3.8) is 0 Å². The van der Waals surface area contributed by atoms with Gasteiger partial charge in [-0.05, 0) is 71.9 Å². The summed E-state index contributed by atoms with van der Waals surface area (Å²) < 4.78 is 1.04. The maximum Gasteiger partial charge on any atom is 0.0737 e. The molecule has 0 N–H and O–H groups in total. The zero-order valence-corrected chi connectivity index (χ0v) is 11.1. The van der Waals surface area contributed by atoms with Crippen LogP contribution < -0.4 is 0 Å². The third-order valence-electron chi connectivity index (χ3n) is 3.30. The Bertz CT molecular complexity index is 544. The van der Waals surface area contributed by atoms with Crippen LogP contribution in [0.4, 0.5) is 0 Å². The molecule has 0 bridgehead atoms. The first kappa shape index (κ1) is 10.6. The Morgan fingerprint density at radius 1 is 0.933 bits per heavy atom. The summed E-state index contributed by atoms with van der Waals surface area (Å²) in [4.78, 5) is 4.50. The number of pyridine rings is 1. The van der Waals surface area contributed by atoms with Crippen molar-refractivity contribution in [3.05, 3.63) is 39.0 Å². The van der Waals surface area contributed by atoms with Gasteiger partial charge in [0.1, 0.15) is 0 Å². The summed E-state index contributed by atoms with van der Waals surface area (Å²) in [7, 11) is 0. The molecule has 0 amide bonds. The van der Waals surface area contributed by atoms with Crippen molar-refractivity contribution >= 4 is 26.8 Å². The predicted molar refractivity (Wildman–Crippen MR) is 68.4 cm³/mol. The van der Waals surface area contributed by atoms with E-state index in [1.165, 1.54) is 27.6 Å². The lowest BCUT2D eigenvalue weighted by atomic mass is 9.95. The second-order valence-corrected chi connectivity index (χ2v) is 4.97. The fourth-order valence-electron chi connectivity index (χ4n) is 1.97. The molecule has 2 aromatic rings. The quantitative estimate of drug-likeness (QED) is 0.693. The van der Waals surface area contributed by atoms with Crippen molar-refractivity contribution in [2.24, 2.45) is 0 Å². The van der Waals surface area contributed by atoms with Gasteiger partial charge in [0.05, 0.1) is 5.52 Å². The van der Waals surface area contributed by atoms with E-state index in [4.69, 9.17) is 0 Å². The lowest BCUT2D eigenvalue weighted by Crippen LogP contribution is -1.95. The molecular formula is C13H14BrN. The fraction of sp³-hybridized carbons (Fsp3) is 0.308. The van der Waals surface area contributed by atoms with Crippen LogP contribution in [-0.2, 0) is 0 Å². The molecule has 0 radical (unpaired) electrons. The molecule has 1 aromatic carbocycles. The van der Waals surface area contributed by atoms with Gasteiger partial charge in [0.25, 0.3) is 0 Å². The van der Waals surface area contributed by atoms with Gasteiger partial charge in [-0.25, -0.2) is 0 Å². The molecule has 0 saturated carbocycles. The van der Waals surface area contributed by atoms with E-state index in [2.05, 4.69) is 54.7 Å². The highest BCUT2D eigenvalue weighted by Crippen LogP contribution is 2.29.